The summed E-state index contributed by atoms with van der Waals surface area (Å²) in [5.74, 6) is -2.90. The van der Waals surface area contributed by atoms with E-state index in [-0.39, 0.29) is 11.1 Å². The van der Waals surface area contributed by atoms with Gasteiger partial charge in [-0.3, -0.25) is 0 Å². The van der Waals surface area contributed by atoms with Gasteiger partial charge < -0.3 is 11.5 Å². The van der Waals surface area contributed by atoms with Gasteiger partial charge in [0.05, 0.1) is 12.1 Å². The second kappa shape index (κ2) is 5.60. The van der Waals surface area contributed by atoms with Crippen LogP contribution in [-0.4, -0.2) is 0 Å². The highest BCUT2D eigenvalue weighted by atomic mass is 19.1. The van der Waals surface area contributed by atoms with Gasteiger partial charge in [0.25, 0.3) is 0 Å². The van der Waals surface area contributed by atoms with Gasteiger partial charge in [0.15, 0.2) is 0 Å². The normalized spacial score (nSPS) is 14.1. The van der Waals surface area contributed by atoms with Crippen molar-refractivity contribution in [2.24, 2.45) is 11.5 Å². The molecule has 0 heterocycles. The fourth-order valence-electron chi connectivity index (χ4n) is 1.93. The van der Waals surface area contributed by atoms with Gasteiger partial charge in [-0.25, -0.2) is 17.6 Å². The lowest BCUT2D eigenvalue weighted by Gasteiger charge is -2.21. The molecule has 4 N–H and O–H groups in total. The second-order valence-corrected chi connectivity index (χ2v) is 4.38. The first-order valence-corrected chi connectivity index (χ1v) is 5.81. The average molecular weight is 284 g/mol. The molecule has 0 aliphatic heterocycles. The van der Waals surface area contributed by atoms with E-state index in [1.807, 2.05) is 0 Å². The topological polar surface area (TPSA) is 52.0 Å². The minimum atomic E-state index is -1.21. The first kappa shape index (κ1) is 14.5. The van der Waals surface area contributed by atoms with Crippen molar-refractivity contribution in [2.45, 2.75) is 12.1 Å². The van der Waals surface area contributed by atoms with Gasteiger partial charge in [-0.2, -0.15) is 0 Å². The van der Waals surface area contributed by atoms with E-state index in [1.54, 1.807) is 0 Å². The van der Waals surface area contributed by atoms with Gasteiger partial charge in [-0.1, -0.05) is 0 Å². The summed E-state index contributed by atoms with van der Waals surface area (Å²) in [6.45, 7) is 0. The molecule has 0 amide bonds. The lowest BCUT2D eigenvalue weighted by molar-refractivity contribution is 0.492. The number of nitrogens with two attached hydrogens (primary N) is 2. The molecule has 2 aromatic rings. The average Bonchev–Trinajstić information content (AvgIpc) is 2.42. The molecule has 2 atom stereocenters. The van der Waals surface area contributed by atoms with Crippen LogP contribution in [0.2, 0.25) is 0 Å². The van der Waals surface area contributed by atoms with Crippen molar-refractivity contribution in [3.05, 3.63) is 70.8 Å². The summed E-state index contributed by atoms with van der Waals surface area (Å²) in [6.07, 6.45) is 0. The SMILES string of the molecule is N[C@@H](c1cc(F)ccc1F)[C@@H](N)c1cc(F)ccc1F. The zero-order valence-corrected chi connectivity index (χ0v) is 10.3. The van der Waals surface area contributed by atoms with Crippen molar-refractivity contribution < 1.29 is 17.6 Å². The van der Waals surface area contributed by atoms with Gasteiger partial charge in [-0.05, 0) is 36.4 Å². The molecule has 0 unspecified atom stereocenters. The molecule has 0 radical (unpaired) electrons. The number of halogens is 4. The molecular formula is C14H12F4N2. The molecule has 106 valence electrons. The maximum Gasteiger partial charge on any atom is 0.128 e. The predicted molar refractivity (Wildman–Crippen MR) is 66.6 cm³/mol. The Labute approximate surface area is 113 Å². The lowest BCUT2D eigenvalue weighted by Crippen LogP contribution is -2.28. The van der Waals surface area contributed by atoms with E-state index < -0.39 is 35.4 Å². The highest BCUT2D eigenvalue weighted by molar-refractivity contribution is 5.29. The van der Waals surface area contributed by atoms with Crippen molar-refractivity contribution in [2.75, 3.05) is 0 Å². The molecule has 0 aliphatic rings. The maximum absolute atomic E-state index is 13.6. The van der Waals surface area contributed by atoms with Crippen molar-refractivity contribution in [1.29, 1.82) is 0 Å². The summed E-state index contributed by atoms with van der Waals surface area (Å²) in [7, 11) is 0. The molecule has 2 aromatic carbocycles. The van der Waals surface area contributed by atoms with E-state index in [4.69, 9.17) is 11.5 Å². The van der Waals surface area contributed by atoms with Crippen LogP contribution >= 0.6 is 0 Å². The van der Waals surface area contributed by atoms with Crippen LogP contribution in [0.15, 0.2) is 36.4 Å². The van der Waals surface area contributed by atoms with E-state index >= 15 is 0 Å². The fraction of sp³-hybridized carbons (Fsp3) is 0.143. The third-order valence-electron chi connectivity index (χ3n) is 3.02. The van der Waals surface area contributed by atoms with Crippen LogP contribution in [0, 0.1) is 23.3 Å². The molecule has 0 aromatic heterocycles. The second-order valence-electron chi connectivity index (χ2n) is 4.38. The third-order valence-corrected chi connectivity index (χ3v) is 3.02. The van der Waals surface area contributed by atoms with Crippen molar-refractivity contribution in [3.63, 3.8) is 0 Å². The summed E-state index contributed by atoms with van der Waals surface area (Å²) >= 11 is 0. The maximum atomic E-state index is 13.6. The van der Waals surface area contributed by atoms with Crippen molar-refractivity contribution in [1.82, 2.24) is 0 Å². The van der Waals surface area contributed by atoms with Crippen LogP contribution in [0.25, 0.3) is 0 Å². The summed E-state index contributed by atoms with van der Waals surface area (Å²) in [5.41, 5.74) is 11.1. The minimum Gasteiger partial charge on any atom is -0.322 e. The molecule has 0 saturated heterocycles. The largest absolute Gasteiger partial charge is 0.322 e. The highest BCUT2D eigenvalue weighted by Crippen LogP contribution is 2.28. The molecule has 0 spiro atoms. The number of rotatable bonds is 3. The minimum absolute atomic E-state index is 0.193. The Morgan fingerprint density at radius 3 is 1.35 bits per heavy atom. The third kappa shape index (κ3) is 2.81. The highest BCUT2D eigenvalue weighted by Gasteiger charge is 2.23. The molecule has 2 rings (SSSR count). The number of hydrogen-bond donors (Lipinski definition) is 2. The smallest absolute Gasteiger partial charge is 0.128 e. The summed E-state index contributed by atoms with van der Waals surface area (Å²) in [5, 5.41) is 0. The molecular weight excluding hydrogens is 272 g/mol. The number of hydrogen-bond acceptors (Lipinski definition) is 2. The van der Waals surface area contributed by atoms with Crippen LogP contribution in [-0.2, 0) is 0 Å². The summed E-state index contributed by atoms with van der Waals surface area (Å²) in [6, 6.07) is 3.02. The molecule has 20 heavy (non-hydrogen) atoms. The Morgan fingerprint density at radius 1 is 0.650 bits per heavy atom. The van der Waals surface area contributed by atoms with Gasteiger partial charge in [0, 0.05) is 11.1 Å². The summed E-state index contributed by atoms with van der Waals surface area (Å²) < 4.78 is 53.5. The van der Waals surface area contributed by atoms with Crippen LogP contribution < -0.4 is 11.5 Å². The predicted octanol–water partition coefficient (Wildman–Crippen LogP) is 2.94. The monoisotopic (exact) mass is 284 g/mol. The summed E-state index contributed by atoms with van der Waals surface area (Å²) in [4.78, 5) is 0. The molecule has 6 heteroatoms. The van der Waals surface area contributed by atoms with Crippen molar-refractivity contribution in [3.8, 4) is 0 Å². The number of benzene rings is 2. The zero-order valence-electron chi connectivity index (χ0n) is 10.3. The first-order chi connectivity index (χ1) is 9.40. The van der Waals surface area contributed by atoms with Crippen LogP contribution in [0.5, 0.6) is 0 Å². The quantitative estimate of drug-likeness (QED) is 0.851. The van der Waals surface area contributed by atoms with Gasteiger partial charge in [0.1, 0.15) is 23.3 Å². The van der Waals surface area contributed by atoms with E-state index in [2.05, 4.69) is 0 Å². The molecule has 0 saturated carbocycles. The Balaban J connectivity index is 2.39. The molecule has 0 aliphatic carbocycles. The van der Waals surface area contributed by atoms with Crippen LogP contribution in [0.4, 0.5) is 17.6 Å². The van der Waals surface area contributed by atoms with Crippen LogP contribution in [0.3, 0.4) is 0 Å². The Kier molecular flexibility index (Phi) is 4.06. The standard InChI is InChI=1S/C14H12F4N2/c15-7-1-3-11(17)9(5-7)13(19)14(20)10-6-8(16)2-4-12(10)18/h1-6,13-14H,19-20H2/t13-,14-/m0/s1. The van der Waals surface area contributed by atoms with Crippen molar-refractivity contribution >= 4 is 0 Å². The molecule has 0 bridgehead atoms. The van der Waals surface area contributed by atoms with E-state index in [0.29, 0.717) is 0 Å². The van der Waals surface area contributed by atoms with Crippen LogP contribution in [0.1, 0.15) is 23.2 Å². The van der Waals surface area contributed by atoms with E-state index in [0.717, 1.165) is 36.4 Å². The molecule has 2 nitrogen and oxygen atoms in total. The zero-order chi connectivity index (χ0) is 14.9. The van der Waals surface area contributed by atoms with Gasteiger partial charge in [-0.15, -0.1) is 0 Å². The van der Waals surface area contributed by atoms with Gasteiger partial charge in [0.2, 0.25) is 0 Å². The Hall–Kier alpha value is -1.92. The first-order valence-electron chi connectivity index (χ1n) is 5.81. The van der Waals surface area contributed by atoms with E-state index in [9.17, 15) is 17.6 Å². The van der Waals surface area contributed by atoms with Gasteiger partial charge >= 0.3 is 0 Å². The Morgan fingerprint density at radius 2 is 1.00 bits per heavy atom. The van der Waals surface area contributed by atoms with E-state index in [1.165, 1.54) is 0 Å². The lowest BCUT2D eigenvalue weighted by atomic mass is 9.94. The fourth-order valence-corrected chi connectivity index (χ4v) is 1.93. The Bertz CT molecular complexity index is 575. The molecule has 0 fully saturated rings.